The maximum Gasteiger partial charge on any atom is 0.324 e. The summed E-state index contributed by atoms with van der Waals surface area (Å²) in [6.07, 6.45) is 0. The number of nitro groups is 1. The van der Waals surface area contributed by atoms with E-state index in [1.165, 1.54) is 12.1 Å². The molecule has 0 fully saturated rings. The first kappa shape index (κ1) is 24.5. The molecule has 0 radical (unpaired) electrons. The van der Waals surface area contributed by atoms with Crippen molar-refractivity contribution in [3.8, 4) is 0 Å². The van der Waals surface area contributed by atoms with Crippen molar-refractivity contribution in [1.29, 1.82) is 0 Å². The van der Waals surface area contributed by atoms with Crippen LogP contribution in [0.25, 0.3) is 0 Å². The molecule has 2 aromatic carbocycles. The SMILES string of the molecule is CN(C)C(C)(C)CN(Cc1ccc(Cl)c(Cl)c1)S(=O)(=O)c1cccc(F)c1[N+](=O)[O-]. The van der Waals surface area contributed by atoms with Gasteiger partial charge in [0.25, 0.3) is 0 Å². The number of nitro benzene ring substituents is 1. The zero-order valence-electron chi connectivity index (χ0n) is 16.9. The van der Waals surface area contributed by atoms with E-state index in [9.17, 15) is 22.9 Å². The summed E-state index contributed by atoms with van der Waals surface area (Å²) < 4.78 is 42.1. The minimum absolute atomic E-state index is 0.0176. The van der Waals surface area contributed by atoms with Crippen molar-refractivity contribution in [2.75, 3.05) is 20.6 Å². The molecule has 164 valence electrons. The summed E-state index contributed by atoms with van der Waals surface area (Å²) in [5.41, 5.74) is -1.19. The van der Waals surface area contributed by atoms with Gasteiger partial charge in [0.05, 0.1) is 15.0 Å². The number of benzene rings is 2. The molecule has 0 aliphatic carbocycles. The molecule has 7 nitrogen and oxygen atoms in total. The van der Waals surface area contributed by atoms with Gasteiger partial charge < -0.3 is 4.90 Å². The molecule has 0 aromatic heterocycles. The quantitative estimate of drug-likeness (QED) is 0.410. The third-order valence-corrected chi connectivity index (χ3v) is 7.43. The van der Waals surface area contributed by atoms with Crippen LogP contribution in [0.5, 0.6) is 0 Å². The van der Waals surface area contributed by atoms with Gasteiger partial charge >= 0.3 is 5.69 Å². The van der Waals surface area contributed by atoms with Gasteiger partial charge in [-0.15, -0.1) is 0 Å². The van der Waals surface area contributed by atoms with Crippen molar-refractivity contribution >= 4 is 38.9 Å². The largest absolute Gasteiger partial charge is 0.324 e. The van der Waals surface area contributed by atoms with Gasteiger partial charge in [0.15, 0.2) is 4.90 Å². The molecule has 0 unspecified atom stereocenters. The first-order valence-electron chi connectivity index (χ1n) is 8.82. The Hall–Kier alpha value is -1.78. The molecule has 0 N–H and O–H groups in total. The van der Waals surface area contributed by atoms with Gasteiger partial charge in [0.1, 0.15) is 0 Å². The average Bonchev–Trinajstić information content (AvgIpc) is 2.63. The molecule has 2 aromatic rings. The van der Waals surface area contributed by atoms with Crippen LogP contribution in [0.4, 0.5) is 10.1 Å². The third kappa shape index (κ3) is 5.28. The summed E-state index contributed by atoms with van der Waals surface area (Å²) in [7, 11) is -0.866. The van der Waals surface area contributed by atoms with E-state index in [0.29, 0.717) is 10.6 Å². The fourth-order valence-electron chi connectivity index (χ4n) is 2.66. The molecule has 0 aliphatic rings. The van der Waals surface area contributed by atoms with Gasteiger partial charge in [0, 0.05) is 18.6 Å². The number of sulfonamides is 1. The number of nitrogens with zero attached hydrogens (tertiary/aromatic N) is 3. The first-order chi connectivity index (χ1) is 13.8. The number of halogens is 3. The number of hydrogen-bond acceptors (Lipinski definition) is 5. The summed E-state index contributed by atoms with van der Waals surface area (Å²) in [5, 5.41) is 11.9. The van der Waals surface area contributed by atoms with Crippen molar-refractivity contribution in [2.45, 2.75) is 30.8 Å². The van der Waals surface area contributed by atoms with Crippen LogP contribution in [0.2, 0.25) is 10.0 Å². The fraction of sp³-hybridized carbons (Fsp3) is 0.368. The molecule has 0 saturated carbocycles. The van der Waals surface area contributed by atoms with Gasteiger partial charge in [-0.05, 0) is 57.8 Å². The summed E-state index contributed by atoms with van der Waals surface area (Å²) in [4.78, 5) is 11.5. The van der Waals surface area contributed by atoms with Gasteiger partial charge in [-0.1, -0.05) is 35.3 Å². The maximum absolute atomic E-state index is 14.1. The number of rotatable bonds is 8. The Labute approximate surface area is 185 Å². The highest BCUT2D eigenvalue weighted by Gasteiger charge is 2.37. The Bertz CT molecular complexity index is 1060. The molecule has 0 atom stereocenters. The highest BCUT2D eigenvalue weighted by atomic mass is 35.5. The summed E-state index contributed by atoms with van der Waals surface area (Å²) in [5.74, 6) is -1.22. The van der Waals surface area contributed by atoms with Crippen molar-refractivity contribution < 1.29 is 17.7 Å². The monoisotopic (exact) mass is 477 g/mol. The molecular formula is C19H22Cl2FN3O4S. The number of para-hydroxylation sites is 1. The Kier molecular flexibility index (Phi) is 7.47. The van der Waals surface area contributed by atoms with Crippen LogP contribution in [0.3, 0.4) is 0 Å². The van der Waals surface area contributed by atoms with Crippen LogP contribution < -0.4 is 0 Å². The Morgan fingerprint density at radius 1 is 1.13 bits per heavy atom. The van der Waals surface area contributed by atoms with Gasteiger partial charge in [-0.2, -0.15) is 8.70 Å². The standard InChI is InChI=1S/C19H22Cl2FN3O4S/c1-19(2,23(3)4)12-24(11-13-8-9-14(20)15(21)10-13)30(28,29)17-7-5-6-16(22)18(17)25(26)27/h5-10H,11-12H2,1-4H3. The predicted octanol–water partition coefficient (Wildman–Crippen LogP) is 4.57. The van der Waals surface area contributed by atoms with E-state index in [-0.39, 0.29) is 18.1 Å². The fourth-order valence-corrected chi connectivity index (χ4v) is 4.73. The van der Waals surface area contributed by atoms with E-state index < -0.39 is 36.9 Å². The maximum atomic E-state index is 14.1. The zero-order chi connectivity index (χ0) is 22.9. The van der Waals surface area contributed by atoms with Crippen LogP contribution in [0.1, 0.15) is 19.4 Å². The van der Waals surface area contributed by atoms with E-state index in [1.807, 2.05) is 18.7 Å². The van der Waals surface area contributed by atoms with Gasteiger partial charge in [-0.25, -0.2) is 8.42 Å². The van der Waals surface area contributed by atoms with Crippen molar-refractivity contribution in [2.24, 2.45) is 0 Å². The lowest BCUT2D eigenvalue weighted by molar-refractivity contribution is -0.390. The molecule has 0 spiro atoms. The van der Waals surface area contributed by atoms with E-state index in [0.717, 1.165) is 22.5 Å². The van der Waals surface area contributed by atoms with Crippen LogP contribution in [-0.2, 0) is 16.6 Å². The second kappa shape index (κ2) is 9.15. The number of hydrogen-bond donors (Lipinski definition) is 0. The third-order valence-electron chi connectivity index (χ3n) is 4.87. The summed E-state index contributed by atoms with van der Waals surface area (Å²) >= 11 is 12.0. The molecule has 0 aliphatic heterocycles. The lowest BCUT2D eigenvalue weighted by Crippen LogP contribution is -2.49. The summed E-state index contributed by atoms with van der Waals surface area (Å²) in [6.45, 7) is 3.50. The number of likely N-dealkylation sites (N-methyl/N-ethyl adjacent to an activating group) is 1. The average molecular weight is 478 g/mol. The predicted molar refractivity (Wildman–Crippen MR) is 115 cm³/mol. The lowest BCUT2D eigenvalue weighted by atomic mass is 10.0. The smallest absolute Gasteiger partial charge is 0.303 e. The van der Waals surface area contributed by atoms with Crippen LogP contribution >= 0.6 is 23.2 Å². The van der Waals surface area contributed by atoms with Crippen molar-refractivity contribution in [3.63, 3.8) is 0 Å². The highest BCUT2D eigenvalue weighted by Crippen LogP contribution is 2.32. The first-order valence-corrected chi connectivity index (χ1v) is 11.0. The molecular weight excluding hydrogens is 456 g/mol. The van der Waals surface area contributed by atoms with E-state index in [2.05, 4.69) is 0 Å². The minimum atomic E-state index is -4.44. The minimum Gasteiger partial charge on any atom is -0.303 e. The topological polar surface area (TPSA) is 83.8 Å². The normalized spacial score (nSPS) is 12.6. The van der Waals surface area contributed by atoms with Crippen LogP contribution in [0.15, 0.2) is 41.3 Å². The van der Waals surface area contributed by atoms with Crippen molar-refractivity contribution in [1.82, 2.24) is 9.21 Å². The highest BCUT2D eigenvalue weighted by molar-refractivity contribution is 7.89. The second-order valence-corrected chi connectivity index (χ2v) is 10.3. The molecule has 2 rings (SSSR count). The van der Waals surface area contributed by atoms with E-state index in [4.69, 9.17) is 23.2 Å². The molecule has 11 heteroatoms. The van der Waals surface area contributed by atoms with E-state index >= 15 is 0 Å². The molecule has 30 heavy (non-hydrogen) atoms. The van der Waals surface area contributed by atoms with Gasteiger partial charge in [-0.3, -0.25) is 10.1 Å². The zero-order valence-corrected chi connectivity index (χ0v) is 19.2. The van der Waals surface area contributed by atoms with Crippen LogP contribution in [-0.4, -0.2) is 48.7 Å². The Balaban J connectivity index is 2.62. The van der Waals surface area contributed by atoms with Crippen molar-refractivity contribution in [3.05, 3.63) is 67.9 Å². The molecule has 0 amide bonds. The lowest BCUT2D eigenvalue weighted by Gasteiger charge is -2.37. The molecule has 0 saturated heterocycles. The summed E-state index contributed by atoms with van der Waals surface area (Å²) in [6, 6.07) is 7.68. The molecule has 0 heterocycles. The Morgan fingerprint density at radius 3 is 2.30 bits per heavy atom. The van der Waals surface area contributed by atoms with E-state index in [1.54, 1.807) is 20.2 Å². The Morgan fingerprint density at radius 2 is 1.77 bits per heavy atom. The van der Waals surface area contributed by atoms with Crippen LogP contribution in [0, 0.1) is 15.9 Å². The molecule has 0 bridgehead atoms. The second-order valence-electron chi connectivity index (χ2n) is 7.57. The van der Waals surface area contributed by atoms with Gasteiger partial charge in [0.2, 0.25) is 15.8 Å².